The first-order chi connectivity index (χ1) is 7.27. The van der Waals surface area contributed by atoms with Gasteiger partial charge in [-0.1, -0.05) is 34.1 Å². The van der Waals surface area contributed by atoms with Crippen LogP contribution in [0.5, 0.6) is 0 Å². The van der Waals surface area contributed by atoms with Crippen LogP contribution in [0.3, 0.4) is 0 Å². The van der Waals surface area contributed by atoms with Gasteiger partial charge in [0.2, 0.25) is 0 Å². The highest BCUT2D eigenvalue weighted by atomic mass is 79.9. The van der Waals surface area contributed by atoms with Crippen molar-refractivity contribution in [2.45, 2.75) is 0 Å². The van der Waals surface area contributed by atoms with E-state index >= 15 is 0 Å². The second-order valence-electron chi connectivity index (χ2n) is 3.00. The standard InChI is InChI=1S/C10H9BrN2O2/c11-9-4-2-1-3-8(9)7-12-13-5-6-15-10(13)14/h1-4,7H,5-6H2/b12-7+. The summed E-state index contributed by atoms with van der Waals surface area (Å²) < 4.78 is 5.69. The van der Waals surface area contributed by atoms with E-state index in [1.54, 1.807) is 6.21 Å². The van der Waals surface area contributed by atoms with E-state index in [0.717, 1.165) is 10.0 Å². The smallest absolute Gasteiger partial charge is 0.430 e. The normalized spacial score (nSPS) is 16.1. The molecular formula is C10H9BrN2O2. The van der Waals surface area contributed by atoms with Crippen LogP contribution in [0.1, 0.15) is 5.56 Å². The summed E-state index contributed by atoms with van der Waals surface area (Å²) in [5.74, 6) is 0. The number of hydrazone groups is 1. The van der Waals surface area contributed by atoms with Gasteiger partial charge in [0.25, 0.3) is 0 Å². The van der Waals surface area contributed by atoms with Crippen LogP contribution < -0.4 is 0 Å². The minimum absolute atomic E-state index is 0.390. The van der Waals surface area contributed by atoms with Crippen molar-refractivity contribution in [1.29, 1.82) is 0 Å². The lowest BCUT2D eigenvalue weighted by molar-refractivity contribution is 0.159. The Labute approximate surface area is 95.7 Å². The van der Waals surface area contributed by atoms with Crippen molar-refractivity contribution in [3.05, 3.63) is 34.3 Å². The van der Waals surface area contributed by atoms with Crippen molar-refractivity contribution in [2.24, 2.45) is 5.10 Å². The number of benzene rings is 1. The number of nitrogens with zero attached hydrogens (tertiary/aromatic N) is 2. The Balaban J connectivity index is 2.11. The van der Waals surface area contributed by atoms with E-state index in [0.29, 0.717) is 13.2 Å². The molecule has 1 aliphatic rings. The van der Waals surface area contributed by atoms with Crippen LogP contribution in [0.15, 0.2) is 33.8 Å². The molecule has 78 valence electrons. The predicted molar refractivity (Wildman–Crippen MR) is 59.8 cm³/mol. The van der Waals surface area contributed by atoms with E-state index in [2.05, 4.69) is 21.0 Å². The molecule has 1 heterocycles. The van der Waals surface area contributed by atoms with Crippen LogP contribution in [0, 0.1) is 0 Å². The first-order valence-electron chi connectivity index (χ1n) is 4.50. The van der Waals surface area contributed by atoms with Gasteiger partial charge in [0, 0.05) is 10.0 Å². The third-order valence-electron chi connectivity index (χ3n) is 1.98. The summed E-state index contributed by atoms with van der Waals surface area (Å²) in [5.41, 5.74) is 0.928. The van der Waals surface area contributed by atoms with E-state index < -0.39 is 6.09 Å². The van der Waals surface area contributed by atoms with Crippen LogP contribution in [0.25, 0.3) is 0 Å². The molecule has 0 spiro atoms. The minimum Gasteiger partial charge on any atom is -0.446 e. The van der Waals surface area contributed by atoms with E-state index in [1.165, 1.54) is 5.01 Å². The van der Waals surface area contributed by atoms with Crippen molar-refractivity contribution < 1.29 is 9.53 Å². The van der Waals surface area contributed by atoms with Crippen molar-refractivity contribution in [3.63, 3.8) is 0 Å². The average Bonchev–Trinajstić information content (AvgIpc) is 2.63. The number of carbonyl (C=O) groups excluding carboxylic acids is 1. The number of cyclic esters (lactones) is 1. The second-order valence-corrected chi connectivity index (χ2v) is 3.86. The molecule has 1 fully saturated rings. The van der Waals surface area contributed by atoms with Gasteiger partial charge in [-0.05, 0) is 6.07 Å². The van der Waals surface area contributed by atoms with Crippen molar-refractivity contribution in [2.75, 3.05) is 13.2 Å². The van der Waals surface area contributed by atoms with Crippen LogP contribution in [-0.2, 0) is 4.74 Å². The van der Waals surface area contributed by atoms with Gasteiger partial charge in [-0.15, -0.1) is 0 Å². The molecule has 0 radical (unpaired) electrons. The topological polar surface area (TPSA) is 41.9 Å². The van der Waals surface area contributed by atoms with Gasteiger partial charge in [-0.2, -0.15) is 10.1 Å². The summed E-state index contributed by atoms with van der Waals surface area (Å²) in [5, 5.41) is 5.34. The van der Waals surface area contributed by atoms with Gasteiger partial charge >= 0.3 is 6.09 Å². The molecule has 1 aliphatic heterocycles. The molecule has 5 heteroatoms. The quantitative estimate of drug-likeness (QED) is 0.772. The highest BCUT2D eigenvalue weighted by Gasteiger charge is 2.20. The van der Waals surface area contributed by atoms with Crippen LogP contribution in [-0.4, -0.2) is 30.5 Å². The molecule has 0 aromatic heterocycles. The molecule has 1 saturated heterocycles. The first-order valence-corrected chi connectivity index (χ1v) is 5.29. The predicted octanol–water partition coefficient (Wildman–Crippen LogP) is 2.24. The Hall–Kier alpha value is -1.36. The Morgan fingerprint density at radius 3 is 2.93 bits per heavy atom. The van der Waals surface area contributed by atoms with Gasteiger partial charge in [-0.25, -0.2) is 4.79 Å². The highest BCUT2D eigenvalue weighted by Crippen LogP contribution is 2.14. The maximum absolute atomic E-state index is 11.1. The zero-order valence-electron chi connectivity index (χ0n) is 7.89. The summed E-state index contributed by atoms with van der Waals surface area (Å²) >= 11 is 3.40. The molecule has 1 aromatic carbocycles. The number of hydrogen-bond donors (Lipinski definition) is 0. The van der Waals surface area contributed by atoms with Crippen LogP contribution in [0.2, 0.25) is 0 Å². The zero-order valence-corrected chi connectivity index (χ0v) is 9.48. The second kappa shape index (κ2) is 4.44. The summed E-state index contributed by atoms with van der Waals surface area (Å²) in [7, 11) is 0. The lowest BCUT2D eigenvalue weighted by Gasteiger charge is -2.03. The summed E-state index contributed by atoms with van der Waals surface area (Å²) in [4.78, 5) is 11.1. The monoisotopic (exact) mass is 268 g/mol. The van der Waals surface area contributed by atoms with E-state index in [-0.39, 0.29) is 0 Å². The molecule has 0 saturated carbocycles. The lowest BCUT2D eigenvalue weighted by atomic mass is 10.2. The SMILES string of the molecule is O=C1OCCN1/N=C/c1ccccc1Br. The van der Waals surface area contributed by atoms with Gasteiger partial charge in [0.1, 0.15) is 6.61 Å². The van der Waals surface area contributed by atoms with E-state index in [4.69, 9.17) is 4.74 Å². The summed E-state index contributed by atoms with van der Waals surface area (Å²) in [6.07, 6.45) is 1.25. The molecule has 0 unspecified atom stereocenters. The van der Waals surface area contributed by atoms with E-state index in [9.17, 15) is 4.79 Å². The zero-order chi connectivity index (χ0) is 10.7. The van der Waals surface area contributed by atoms with Crippen molar-refractivity contribution in [1.82, 2.24) is 5.01 Å². The van der Waals surface area contributed by atoms with Crippen molar-refractivity contribution in [3.8, 4) is 0 Å². The Kier molecular flexibility index (Phi) is 3.01. The van der Waals surface area contributed by atoms with Crippen LogP contribution in [0.4, 0.5) is 4.79 Å². The molecule has 4 nitrogen and oxygen atoms in total. The summed E-state index contributed by atoms with van der Waals surface area (Å²) in [6.45, 7) is 0.923. The maximum atomic E-state index is 11.1. The Morgan fingerprint density at radius 1 is 1.47 bits per heavy atom. The van der Waals surface area contributed by atoms with Crippen LogP contribution >= 0.6 is 15.9 Å². The highest BCUT2D eigenvalue weighted by molar-refractivity contribution is 9.10. The molecule has 1 aromatic rings. The molecule has 0 bridgehead atoms. The van der Waals surface area contributed by atoms with E-state index in [1.807, 2.05) is 24.3 Å². The largest absolute Gasteiger partial charge is 0.446 e. The third-order valence-corrected chi connectivity index (χ3v) is 2.70. The average molecular weight is 269 g/mol. The fourth-order valence-electron chi connectivity index (χ4n) is 1.20. The number of ether oxygens (including phenoxy) is 1. The fraction of sp³-hybridized carbons (Fsp3) is 0.200. The molecule has 0 atom stereocenters. The maximum Gasteiger partial charge on any atom is 0.430 e. The van der Waals surface area contributed by atoms with Gasteiger partial charge in [0.05, 0.1) is 12.8 Å². The Morgan fingerprint density at radius 2 is 2.27 bits per heavy atom. The minimum atomic E-state index is -0.390. The van der Waals surface area contributed by atoms with Gasteiger partial charge < -0.3 is 4.74 Å². The van der Waals surface area contributed by atoms with Gasteiger partial charge in [-0.3, -0.25) is 0 Å². The molecular weight excluding hydrogens is 260 g/mol. The number of rotatable bonds is 2. The molecule has 0 N–H and O–H groups in total. The van der Waals surface area contributed by atoms with Gasteiger partial charge in [0.15, 0.2) is 0 Å². The molecule has 0 aliphatic carbocycles. The molecule has 15 heavy (non-hydrogen) atoms. The number of hydrogen-bond acceptors (Lipinski definition) is 3. The molecule has 1 amide bonds. The van der Waals surface area contributed by atoms with Crippen molar-refractivity contribution >= 4 is 28.2 Å². The third kappa shape index (κ3) is 2.36. The summed E-state index contributed by atoms with van der Waals surface area (Å²) in [6, 6.07) is 7.67. The fourth-order valence-corrected chi connectivity index (χ4v) is 1.59. The lowest BCUT2D eigenvalue weighted by Crippen LogP contribution is -2.17. The number of carbonyl (C=O) groups is 1. The first kappa shape index (κ1) is 10.2. The molecule has 2 rings (SSSR count). The number of amides is 1. The Bertz CT molecular complexity index is 406. The number of halogens is 1.